The van der Waals surface area contributed by atoms with E-state index in [0.717, 1.165) is 17.1 Å². The van der Waals surface area contributed by atoms with Crippen LogP contribution in [0.25, 0.3) is 0 Å². The van der Waals surface area contributed by atoms with Crippen LogP contribution in [-0.2, 0) is 13.7 Å². The monoisotopic (exact) mass is 259 g/mol. The highest BCUT2D eigenvalue weighted by Gasteiger charge is 2.22. The summed E-state index contributed by atoms with van der Waals surface area (Å²) in [7, 11) is 3.83. The van der Waals surface area contributed by atoms with Crippen molar-refractivity contribution in [1.29, 1.82) is 0 Å². The molecule has 19 heavy (non-hydrogen) atoms. The molecule has 0 aliphatic carbocycles. The summed E-state index contributed by atoms with van der Waals surface area (Å²) in [5.41, 5.74) is 2.24. The summed E-state index contributed by atoms with van der Waals surface area (Å²) in [5, 5.41) is 7.33. The van der Waals surface area contributed by atoms with Gasteiger partial charge in [-0.1, -0.05) is 0 Å². The molecule has 1 aromatic carbocycles. The first kappa shape index (κ1) is 12.0. The Hall–Kier alpha value is -2.01. The molecule has 1 aliphatic rings. The number of ether oxygens (including phenoxy) is 2. The smallest absolute Gasteiger partial charge is 0.127 e. The molecule has 5 heteroatoms. The van der Waals surface area contributed by atoms with Gasteiger partial charge in [-0.3, -0.25) is 4.68 Å². The van der Waals surface area contributed by atoms with Crippen molar-refractivity contribution in [3.8, 4) is 11.5 Å². The number of nitrogens with one attached hydrogen (secondary N) is 1. The summed E-state index contributed by atoms with van der Waals surface area (Å²) in [6, 6.07) is 6.27. The molecule has 2 heterocycles. The minimum atomic E-state index is 0.280. The summed E-state index contributed by atoms with van der Waals surface area (Å²) < 4.78 is 13.2. The number of nitrogens with zero attached hydrogens (tertiary/aromatic N) is 2. The maximum Gasteiger partial charge on any atom is 0.127 e. The van der Waals surface area contributed by atoms with Crippen molar-refractivity contribution < 1.29 is 9.47 Å². The second kappa shape index (κ2) is 4.93. The fourth-order valence-corrected chi connectivity index (χ4v) is 2.23. The van der Waals surface area contributed by atoms with Crippen LogP contribution in [0.2, 0.25) is 0 Å². The van der Waals surface area contributed by atoms with Crippen molar-refractivity contribution in [2.75, 3.05) is 13.7 Å². The van der Waals surface area contributed by atoms with Gasteiger partial charge in [0.15, 0.2) is 0 Å². The fraction of sp³-hybridized carbons (Fsp3) is 0.357. The molecule has 100 valence electrons. The number of aromatic nitrogens is 2. The zero-order valence-corrected chi connectivity index (χ0v) is 11.1. The van der Waals surface area contributed by atoms with Crippen LogP contribution >= 0.6 is 0 Å². The van der Waals surface area contributed by atoms with Crippen LogP contribution in [0, 0.1) is 0 Å². The van der Waals surface area contributed by atoms with Crippen LogP contribution in [0.5, 0.6) is 11.5 Å². The number of hydrogen-bond acceptors (Lipinski definition) is 4. The van der Waals surface area contributed by atoms with E-state index in [1.165, 1.54) is 5.56 Å². The molecule has 0 saturated carbocycles. The van der Waals surface area contributed by atoms with Gasteiger partial charge in [0.05, 0.1) is 12.2 Å². The van der Waals surface area contributed by atoms with Gasteiger partial charge in [-0.2, -0.15) is 5.10 Å². The lowest BCUT2D eigenvalue weighted by molar-refractivity contribution is 0.298. The molecular weight excluding hydrogens is 242 g/mol. The van der Waals surface area contributed by atoms with Crippen LogP contribution in [0.1, 0.15) is 17.2 Å². The minimum absolute atomic E-state index is 0.280. The van der Waals surface area contributed by atoms with E-state index in [4.69, 9.17) is 9.47 Å². The molecule has 1 atom stereocenters. The Morgan fingerprint density at radius 3 is 3.16 bits per heavy atom. The van der Waals surface area contributed by atoms with E-state index >= 15 is 0 Å². The Bertz CT molecular complexity index is 580. The normalized spacial score (nSPS) is 17.1. The molecule has 0 saturated heterocycles. The predicted octanol–water partition coefficient (Wildman–Crippen LogP) is 1.65. The van der Waals surface area contributed by atoms with Gasteiger partial charge in [0.2, 0.25) is 0 Å². The molecule has 0 radical (unpaired) electrons. The minimum Gasteiger partial charge on any atom is -0.491 e. The molecular formula is C14H17N3O2. The Morgan fingerprint density at radius 1 is 1.53 bits per heavy atom. The Balaban J connectivity index is 1.69. The van der Waals surface area contributed by atoms with Gasteiger partial charge in [0, 0.05) is 30.4 Å². The lowest BCUT2D eigenvalue weighted by Gasteiger charge is -2.08. The number of hydrogen-bond donors (Lipinski definition) is 1. The van der Waals surface area contributed by atoms with Crippen LogP contribution in [0.3, 0.4) is 0 Å². The van der Waals surface area contributed by atoms with Gasteiger partial charge in [-0.15, -0.1) is 0 Å². The Morgan fingerprint density at radius 2 is 2.42 bits per heavy atom. The van der Waals surface area contributed by atoms with Crippen LogP contribution in [0.15, 0.2) is 30.6 Å². The van der Waals surface area contributed by atoms with Crippen molar-refractivity contribution in [3.05, 3.63) is 41.7 Å². The number of fused-ring (bicyclic) bond motifs is 1. The second-order valence-corrected chi connectivity index (χ2v) is 4.66. The molecule has 0 spiro atoms. The van der Waals surface area contributed by atoms with Crippen molar-refractivity contribution in [3.63, 3.8) is 0 Å². The van der Waals surface area contributed by atoms with Crippen LogP contribution in [0.4, 0.5) is 0 Å². The van der Waals surface area contributed by atoms with E-state index in [2.05, 4.69) is 16.5 Å². The topological polar surface area (TPSA) is 48.3 Å². The van der Waals surface area contributed by atoms with Crippen LogP contribution in [-0.4, -0.2) is 23.4 Å². The van der Waals surface area contributed by atoms with Gasteiger partial charge >= 0.3 is 0 Å². The zero-order chi connectivity index (χ0) is 13.2. The van der Waals surface area contributed by atoms with Gasteiger partial charge in [0.1, 0.15) is 24.7 Å². The lowest BCUT2D eigenvalue weighted by atomic mass is 10.1. The number of likely N-dealkylation sites (N-methyl/N-ethyl adjacent to an activating group) is 1. The first-order valence-corrected chi connectivity index (χ1v) is 6.30. The maximum atomic E-state index is 5.75. The van der Waals surface area contributed by atoms with E-state index in [-0.39, 0.29) is 6.04 Å². The highest BCUT2D eigenvalue weighted by Crippen LogP contribution is 2.35. The molecule has 1 aromatic heterocycles. The van der Waals surface area contributed by atoms with Gasteiger partial charge in [0.25, 0.3) is 0 Å². The zero-order valence-electron chi connectivity index (χ0n) is 11.1. The summed E-state index contributed by atoms with van der Waals surface area (Å²) in [5.74, 6) is 1.72. The van der Waals surface area contributed by atoms with Crippen molar-refractivity contribution in [2.24, 2.45) is 7.05 Å². The highest BCUT2D eigenvalue weighted by atomic mass is 16.5. The van der Waals surface area contributed by atoms with E-state index in [9.17, 15) is 0 Å². The average molecular weight is 259 g/mol. The summed E-state index contributed by atoms with van der Waals surface area (Å²) in [6.07, 6.45) is 3.75. The number of rotatable bonds is 4. The predicted molar refractivity (Wildman–Crippen MR) is 71.3 cm³/mol. The van der Waals surface area contributed by atoms with Crippen molar-refractivity contribution >= 4 is 0 Å². The largest absolute Gasteiger partial charge is 0.491 e. The Kier molecular flexibility index (Phi) is 3.13. The van der Waals surface area contributed by atoms with Gasteiger partial charge < -0.3 is 14.8 Å². The Labute approximate surface area is 112 Å². The summed E-state index contributed by atoms with van der Waals surface area (Å²) in [4.78, 5) is 0. The van der Waals surface area contributed by atoms with Crippen molar-refractivity contribution in [1.82, 2.24) is 15.1 Å². The van der Waals surface area contributed by atoms with E-state index in [1.54, 1.807) is 10.9 Å². The SMILES string of the molecule is CNC1COc2cc(OCc3cnn(C)c3)ccc21. The second-order valence-electron chi connectivity index (χ2n) is 4.66. The summed E-state index contributed by atoms with van der Waals surface area (Å²) in [6.45, 7) is 1.19. The first-order chi connectivity index (χ1) is 9.26. The molecule has 3 rings (SSSR count). The first-order valence-electron chi connectivity index (χ1n) is 6.30. The third-order valence-electron chi connectivity index (χ3n) is 3.28. The molecule has 0 fully saturated rings. The molecule has 0 amide bonds. The quantitative estimate of drug-likeness (QED) is 0.907. The van der Waals surface area contributed by atoms with Crippen molar-refractivity contribution in [2.45, 2.75) is 12.6 Å². The molecule has 2 aromatic rings. The number of benzene rings is 1. The fourth-order valence-electron chi connectivity index (χ4n) is 2.23. The summed E-state index contributed by atoms with van der Waals surface area (Å²) >= 11 is 0. The molecule has 0 bridgehead atoms. The van der Waals surface area contributed by atoms with Crippen LogP contribution < -0.4 is 14.8 Å². The highest BCUT2D eigenvalue weighted by molar-refractivity contribution is 5.45. The van der Waals surface area contributed by atoms with Gasteiger partial charge in [-0.05, 0) is 19.2 Å². The molecule has 1 N–H and O–H groups in total. The number of aryl methyl sites for hydroxylation is 1. The lowest BCUT2D eigenvalue weighted by Crippen LogP contribution is -2.17. The molecule has 5 nitrogen and oxygen atoms in total. The third-order valence-corrected chi connectivity index (χ3v) is 3.28. The van der Waals surface area contributed by atoms with E-state index in [0.29, 0.717) is 13.2 Å². The van der Waals surface area contributed by atoms with E-state index < -0.39 is 0 Å². The standard InChI is InChI=1S/C14H17N3O2/c1-15-13-9-19-14-5-11(3-4-12(13)14)18-8-10-6-16-17(2)7-10/h3-7,13,15H,8-9H2,1-2H3. The third kappa shape index (κ3) is 2.42. The van der Waals surface area contributed by atoms with Gasteiger partial charge in [-0.25, -0.2) is 0 Å². The average Bonchev–Trinajstić information content (AvgIpc) is 3.01. The molecule has 1 unspecified atom stereocenters. The maximum absolute atomic E-state index is 5.75. The molecule has 1 aliphatic heterocycles. The van der Waals surface area contributed by atoms with E-state index in [1.807, 2.05) is 32.4 Å².